The first-order chi connectivity index (χ1) is 12.1. The lowest BCUT2D eigenvalue weighted by atomic mass is 10.1. The number of guanidine groups is 1. The van der Waals surface area contributed by atoms with Crippen LogP contribution in [0.1, 0.15) is 31.7 Å². The number of nitrogens with one attached hydrogen (secondary N) is 2. The molecule has 0 amide bonds. The Morgan fingerprint density at radius 2 is 2.04 bits per heavy atom. The molecule has 1 aliphatic heterocycles. The molecule has 148 valence electrons. The Bertz CT molecular complexity index is 534. The summed E-state index contributed by atoms with van der Waals surface area (Å²) in [4.78, 5) is 4.56. The predicted octanol–water partition coefficient (Wildman–Crippen LogP) is 3.06. The molecule has 0 aliphatic carbocycles. The second-order valence-corrected chi connectivity index (χ2v) is 7.56. The lowest BCUT2D eigenvalue weighted by Crippen LogP contribution is -2.40. The van der Waals surface area contributed by atoms with Crippen LogP contribution in [0.2, 0.25) is 0 Å². The van der Waals surface area contributed by atoms with Crippen LogP contribution in [-0.2, 0) is 6.42 Å². The maximum Gasteiger partial charge on any atom is 0.191 e. The molecule has 5 nitrogen and oxygen atoms in total. The van der Waals surface area contributed by atoms with Gasteiger partial charge in [-0.15, -0.1) is 24.0 Å². The molecule has 1 atom stereocenters. The van der Waals surface area contributed by atoms with E-state index in [1.807, 2.05) is 12.1 Å². The minimum atomic E-state index is -0.624. The van der Waals surface area contributed by atoms with Gasteiger partial charge in [0.15, 0.2) is 5.96 Å². The molecule has 3 N–H and O–H groups in total. The van der Waals surface area contributed by atoms with Gasteiger partial charge < -0.3 is 20.5 Å². The normalized spacial score (nSPS) is 19.7. The van der Waals surface area contributed by atoms with Gasteiger partial charge in [-0.05, 0) is 56.1 Å². The maximum absolute atomic E-state index is 10.4. The number of thioether (sulfide) groups is 1. The van der Waals surface area contributed by atoms with Gasteiger partial charge in [-0.1, -0.05) is 12.1 Å². The fourth-order valence-corrected chi connectivity index (χ4v) is 4.03. The van der Waals surface area contributed by atoms with Crippen LogP contribution in [-0.4, -0.2) is 54.9 Å². The molecule has 1 unspecified atom stereocenters. The highest BCUT2D eigenvalue weighted by atomic mass is 127. The molecule has 1 saturated heterocycles. The van der Waals surface area contributed by atoms with Crippen LogP contribution in [0.15, 0.2) is 29.3 Å². The van der Waals surface area contributed by atoms with E-state index in [4.69, 9.17) is 4.74 Å². The molecular weight excluding hydrogens is 461 g/mol. The van der Waals surface area contributed by atoms with E-state index in [2.05, 4.69) is 34.7 Å². The standard InChI is InChI=1S/C19H31N3O2S.HI/c1-3-20-18(22-14-19(23)11-13-25-15-19)21-12-5-4-6-16-7-9-17(24-2)10-8-16;/h7-10,23H,3-6,11-15H2,1-2H3,(H2,20,21,22);1H. The first-order valence-electron chi connectivity index (χ1n) is 9.10. The van der Waals surface area contributed by atoms with Gasteiger partial charge in [0, 0.05) is 18.8 Å². The third kappa shape index (κ3) is 8.35. The van der Waals surface area contributed by atoms with Crippen molar-refractivity contribution in [1.29, 1.82) is 0 Å². The minimum Gasteiger partial charge on any atom is -0.497 e. The lowest BCUT2D eigenvalue weighted by Gasteiger charge is -2.19. The predicted molar refractivity (Wildman–Crippen MR) is 122 cm³/mol. The van der Waals surface area contributed by atoms with Crippen LogP contribution in [0, 0.1) is 0 Å². The number of methoxy groups -OCH3 is 1. The number of nitrogens with zero attached hydrogens (tertiary/aromatic N) is 1. The van der Waals surface area contributed by atoms with Crippen LogP contribution in [0.25, 0.3) is 0 Å². The Hall–Kier alpha value is -0.670. The monoisotopic (exact) mass is 493 g/mol. The Balaban J connectivity index is 0.00000338. The van der Waals surface area contributed by atoms with E-state index >= 15 is 0 Å². The number of ether oxygens (including phenoxy) is 1. The zero-order chi connectivity index (χ0) is 18.0. The zero-order valence-electron chi connectivity index (χ0n) is 15.8. The summed E-state index contributed by atoms with van der Waals surface area (Å²) >= 11 is 1.80. The van der Waals surface area contributed by atoms with Crippen molar-refractivity contribution < 1.29 is 9.84 Å². The summed E-state index contributed by atoms with van der Waals surface area (Å²) in [7, 11) is 1.69. The van der Waals surface area contributed by atoms with Gasteiger partial charge in [0.1, 0.15) is 5.75 Å². The third-order valence-corrected chi connectivity index (χ3v) is 5.54. The molecular formula is C19H32IN3O2S. The highest BCUT2D eigenvalue weighted by molar-refractivity contribution is 14.0. The quantitative estimate of drug-likeness (QED) is 0.214. The molecule has 7 heteroatoms. The van der Waals surface area contributed by atoms with Crippen LogP contribution in [0.3, 0.4) is 0 Å². The minimum absolute atomic E-state index is 0. The molecule has 1 heterocycles. The lowest BCUT2D eigenvalue weighted by molar-refractivity contribution is 0.0778. The second-order valence-electron chi connectivity index (χ2n) is 6.45. The number of aliphatic imine (C=N–C) groups is 1. The van der Waals surface area contributed by atoms with Crippen LogP contribution in [0.4, 0.5) is 0 Å². The van der Waals surface area contributed by atoms with Crippen molar-refractivity contribution in [1.82, 2.24) is 10.6 Å². The number of rotatable bonds is 9. The molecule has 1 aromatic carbocycles. The molecule has 0 aromatic heterocycles. The number of hydrogen-bond donors (Lipinski definition) is 3. The van der Waals surface area contributed by atoms with Crippen molar-refractivity contribution in [3.05, 3.63) is 29.8 Å². The van der Waals surface area contributed by atoms with Crippen molar-refractivity contribution in [3.63, 3.8) is 0 Å². The van der Waals surface area contributed by atoms with Crippen molar-refractivity contribution >= 4 is 41.7 Å². The topological polar surface area (TPSA) is 65.9 Å². The molecule has 1 aromatic rings. The van der Waals surface area contributed by atoms with E-state index < -0.39 is 5.60 Å². The van der Waals surface area contributed by atoms with Crippen LogP contribution >= 0.6 is 35.7 Å². The van der Waals surface area contributed by atoms with E-state index in [9.17, 15) is 5.11 Å². The first kappa shape index (κ1) is 23.4. The fourth-order valence-electron chi connectivity index (χ4n) is 2.74. The van der Waals surface area contributed by atoms with Crippen molar-refractivity contribution in [2.24, 2.45) is 4.99 Å². The summed E-state index contributed by atoms with van der Waals surface area (Å²) in [6, 6.07) is 8.27. The molecule has 1 fully saturated rings. The van der Waals surface area contributed by atoms with Gasteiger partial charge in [0.05, 0.1) is 19.3 Å². The SMILES string of the molecule is CCNC(=NCC1(O)CCSC1)NCCCCc1ccc(OC)cc1.I. The number of aryl methyl sites for hydroxylation is 1. The molecule has 2 rings (SSSR count). The maximum atomic E-state index is 10.4. The summed E-state index contributed by atoms with van der Waals surface area (Å²) in [5, 5.41) is 17.0. The molecule has 1 aliphatic rings. The van der Waals surface area contributed by atoms with Gasteiger partial charge in [-0.2, -0.15) is 11.8 Å². The number of aliphatic hydroxyl groups is 1. The van der Waals surface area contributed by atoms with Crippen molar-refractivity contribution in [2.45, 2.75) is 38.2 Å². The Labute approximate surface area is 178 Å². The molecule has 26 heavy (non-hydrogen) atoms. The fraction of sp³-hybridized carbons (Fsp3) is 0.632. The average molecular weight is 493 g/mol. The summed E-state index contributed by atoms with van der Waals surface area (Å²) in [5.41, 5.74) is 0.712. The average Bonchev–Trinajstić information content (AvgIpc) is 3.07. The smallest absolute Gasteiger partial charge is 0.191 e. The van der Waals surface area contributed by atoms with Gasteiger partial charge in [-0.3, -0.25) is 4.99 Å². The van der Waals surface area contributed by atoms with E-state index in [-0.39, 0.29) is 24.0 Å². The molecule has 0 spiro atoms. The second kappa shape index (κ2) is 12.7. The van der Waals surface area contributed by atoms with E-state index in [0.29, 0.717) is 6.54 Å². The van der Waals surface area contributed by atoms with E-state index in [1.165, 1.54) is 5.56 Å². The summed E-state index contributed by atoms with van der Waals surface area (Å²) in [6.07, 6.45) is 4.11. The Morgan fingerprint density at radius 1 is 1.27 bits per heavy atom. The Morgan fingerprint density at radius 3 is 2.65 bits per heavy atom. The van der Waals surface area contributed by atoms with Crippen molar-refractivity contribution in [3.8, 4) is 5.75 Å². The van der Waals surface area contributed by atoms with Crippen molar-refractivity contribution in [2.75, 3.05) is 38.2 Å². The van der Waals surface area contributed by atoms with Crippen LogP contribution in [0.5, 0.6) is 5.75 Å². The number of halogens is 1. The van der Waals surface area contributed by atoms with E-state index in [1.54, 1.807) is 18.9 Å². The van der Waals surface area contributed by atoms with Crippen LogP contribution < -0.4 is 15.4 Å². The van der Waals surface area contributed by atoms with E-state index in [0.717, 1.165) is 62.0 Å². The molecule has 0 bridgehead atoms. The zero-order valence-corrected chi connectivity index (χ0v) is 18.9. The summed E-state index contributed by atoms with van der Waals surface area (Å²) < 4.78 is 5.18. The summed E-state index contributed by atoms with van der Waals surface area (Å²) in [6.45, 7) is 4.24. The van der Waals surface area contributed by atoms with Gasteiger partial charge in [0.2, 0.25) is 0 Å². The number of hydrogen-bond acceptors (Lipinski definition) is 4. The van der Waals surface area contributed by atoms with Gasteiger partial charge in [-0.25, -0.2) is 0 Å². The number of benzene rings is 1. The largest absolute Gasteiger partial charge is 0.497 e. The Kier molecular flexibility index (Phi) is 11.4. The molecule has 0 saturated carbocycles. The van der Waals surface area contributed by atoms with Gasteiger partial charge in [0.25, 0.3) is 0 Å². The first-order valence-corrected chi connectivity index (χ1v) is 10.3. The highest BCUT2D eigenvalue weighted by Gasteiger charge is 2.31. The summed E-state index contributed by atoms with van der Waals surface area (Å²) in [5.74, 6) is 3.52. The number of unbranched alkanes of at least 4 members (excludes halogenated alkanes) is 1. The highest BCUT2D eigenvalue weighted by Crippen LogP contribution is 2.27. The van der Waals surface area contributed by atoms with Gasteiger partial charge >= 0.3 is 0 Å². The molecule has 0 radical (unpaired) electrons. The third-order valence-electron chi connectivity index (χ3n) is 4.30.